The maximum absolute atomic E-state index is 13.1. The highest BCUT2D eigenvalue weighted by Crippen LogP contribution is 2.42. The van der Waals surface area contributed by atoms with Gasteiger partial charge in [0.05, 0.1) is 32.5 Å². The van der Waals surface area contributed by atoms with Crippen LogP contribution in [0.1, 0.15) is 31.8 Å². The highest BCUT2D eigenvalue weighted by Gasteiger charge is 2.31. The van der Waals surface area contributed by atoms with Gasteiger partial charge in [0.25, 0.3) is 0 Å². The lowest BCUT2D eigenvalue weighted by Gasteiger charge is -2.13. The molecule has 0 spiro atoms. The first kappa shape index (κ1) is 22.8. The number of esters is 1. The minimum absolute atomic E-state index is 0.0920. The third-order valence-corrected chi connectivity index (χ3v) is 5.30. The SMILES string of the molecule is COc1cc(/C=C2\Oc3c(ccc(OC(=O)c4ccc(F)cc4)c3C)C2=O)cc(OC)c1OC. The highest BCUT2D eigenvalue weighted by atomic mass is 19.1. The lowest BCUT2D eigenvalue weighted by molar-refractivity contribution is 0.0733. The van der Waals surface area contributed by atoms with E-state index < -0.39 is 11.8 Å². The fourth-order valence-electron chi connectivity index (χ4n) is 3.56. The first-order valence-electron chi connectivity index (χ1n) is 10.2. The number of halogens is 1. The number of allylic oxidation sites excluding steroid dienone is 1. The summed E-state index contributed by atoms with van der Waals surface area (Å²) in [6.45, 7) is 1.68. The fraction of sp³-hybridized carbons (Fsp3) is 0.154. The van der Waals surface area contributed by atoms with Gasteiger partial charge in [-0.1, -0.05) is 0 Å². The molecule has 0 bridgehead atoms. The Morgan fingerprint density at radius 2 is 1.56 bits per heavy atom. The maximum Gasteiger partial charge on any atom is 0.343 e. The molecule has 0 atom stereocenters. The quantitative estimate of drug-likeness (QED) is 0.289. The molecule has 7 nitrogen and oxygen atoms in total. The maximum atomic E-state index is 13.1. The van der Waals surface area contributed by atoms with Crippen LogP contribution in [0.3, 0.4) is 0 Å². The third-order valence-electron chi connectivity index (χ3n) is 5.30. The second-order valence-corrected chi connectivity index (χ2v) is 7.36. The van der Waals surface area contributed by atoms with Gasteiger partial charge in [-0.25, -0.2) is 9.18 Å². The second-order valence-electron chi connectivity index (χ2n) is 7.36. The van der Waals surface area contributed by atoms with Gasteiger partial charge in [0, 0.05) is 5.56 Å². The number of methoxy groups -OCH3 is 3. The fourth-order valence-corrected chi connectivity index (χ4v) is 3.56. The molecule has 1 heterocycles. The molecule has 8 heteroatoms. The number of hydrogen-bond donors (Lipinski definition) is 0. The summed E-state index contributed by atoms with van der Waals surface area (Å²) in [5.74, 6) is 0.494. The van der Waals surface area contributed by atoms with Gasteiger partial charge in [0.1, 0.15) is 17.3 Å². The molecule has 0 saturated heterocycles. The van der Waals surface area contributed by atoms with Crippen molar-refractivity contribution in [2.24, 2.45) is 0 Å². The summed E-state index contributed by atoms with van der Waals surface area (Å²) in [5.41, 5.74) is 1.62. The Kier molecular flexibility index (Phi) is 6.23. The molecule has 0 aliphatic carbocycles. The van der Waals surface area contributed by atoms with Gasteiger partial charge in [-0.15, -0.1) is 0 Å². The van der Waals surface area contributed by atoms with Crippen molar-refractivity contribution in [1.82, 2.24) is 0 Å². The van der Waals surface area contributed by atoms with E-state index in [2.05, 4.69) is 0 Å². The molecule has 3 aromatic rings. The van der Waals surface area contributed by atoms with Crippen molar-refractivity contribution in [1.29, 1.82) is 0 Å². The van der Waals surface area contributed by atoms with Crippen molar-refractivity contribution in [3.05, 3.63) is 82.4 Å². The predicted molar refractivity (Wildman–Crippen MR) is 122 cm³/mol. The number of carbonyl (C=O) groups excluding carboxylic acids is 2. The molecule has 4 rings (SSSR count). The zero-order valence-electron chi connectivity index (χ0n) is 18.9. The van der Waals surface area contributed by atoms with Crippen LogP contribution in [0.5, 0.6) is 28.7 Å². The predicted octanol–water partition coefficient (Wildman–Crippen LogP) is 5.00. The second kappa shape index (κ2) is 9.27. The van der Waals surface area contributed by atoms with Crippen LogP contribution in [-0.4, -0.2) is 33.1 Å². The normalized spacial score (nSPS) is 13.3. The van der Waals surface area contributed by atoms with Gasteiger partial charge in [-0.05, 0) is 67.1 Å². The molecule has 0 aromatic heterocycles. The van der Waals surface area contributed by atoms with E-state index in [1.165, 1.54) is 57.7 Å². The van der Waals surface area contributed by atoms with Gasteiger partial charge in [-0.3, -0.25) is 4.79 Å². The van der Waals surface area contributed by atoms with Gasteiger partial charge < -0.3 is 23.7 Å². The van der Waals surface area contributed by atoms with E-state index in [4.69, 9.17) is 23.7 Å². The van der Waals surface area contributed by atoms with Crippen LogP contribution in [0, 0.1) is 12.7 Å². The first-order chi connectivity index (χ1) is 16.4. The standard InChI is InChI=1S/C26H21FO7/c1-14-19(34-26(29)16-5-7-17(27)8-6-16)10-9-18-23(28)20(33-24(14)18)11-15-12-21(30-2)25(32-4)22(13-15)31-3/h5-13H,1-4H3/b20-11-. The topological polar surface area (TPSA) is 80.3 Å². The summed E-state index contributed by atoms with van der Waals surface area (Å²) in [7, 11) is 4.50. The van der Waals surface area contributed by atoms with Crippen LogP contribution in [0.4, 0.5) is 4.39 Å². The summed E-state index contributed by atoms with van der Waals surface area (Å²) in [4.78, 5) is 25.4. The van der Waals surface area contributed by atoms with Crippen LogP contribution in [0.2, 0.25) is 0 Å². The van der Waals surface area contributed by atoms with Crippen LogP contribution in [-0.2, 0) is 0 Å². The van der Waals surface area contributed by atoms with Crippen molar-refractivity contribution in [2.45, 2.75) is 6.92 Å². The van der Waals surface area contributed by atoms with Gasteiger partial charge in [0.15, 0.2) is 17.3 Å². The number of fused-ring (bicyclic) bond motifs is 1. The van der Waals surface area contributed by atoms with Crippen molar-refractivity contribution in [2.75, 3.05) is 21.3 Å². The van der Waals surface area contributed by atoms with Crippen molar-refractivity contribution in [3.8, 4) is 28.7 Å². The van der Waals surface area contributed by atoms with Crippen molar-refractivity contribution < 1.29 is 37.7 Å². The molecule has 34 heavy (non-hydrogen) atoms. The van der Waals surface area contributed by atoms with Crippen LogP contribution in [0.15, 0.2) is 54.3 Å². The molecule has 0 N–H and O–H groups in total. The summed E-state index contributed by atoms with van der Waals surface area (Å²) >= 11 is 0. The van der Waals surface area contributed by atoms with Crippen molar-refractivity contribution in [3.63, 3.8) is 0 Å². The molecule has 0 unspecified atom stereocenters. The summed E-state index contributed by atoms with van der Waals surface area (Å²) < 4.78 is 40.5. The average Bonchev–Trinajstić information content (AvgIpc) is 3.16. The van der Waals surface area contributed by atoms with Crippen LogP contribution in [0.25, 0.3) is 6.08 Å². The van der Waals surface area contributed by atoms with E-state index in [9.17, 15) is 14.0 Å². The largest absolute Gasteiger partial charge is 0.493 e. The average molecular weight is 464 g/mol. The third kappa shape index (κ3) is 4.17. The minimum atomic E-state index is -0.652. The zero-order chi connectivity index (χ0) is 24.4. The first-order valence-corrected chi connectivity index (χ1v) is 10.2. The zero-order valence-corrected chi connectivity index (χ0v) is 18.9. The van der Waals surface area contributed by atoms with E-state index in [-0.39, 0.29) is 22.9 Å². The van der Waals surface area contributed by atoms with E-state index in [1.807, 2.05) is 0 Å². The summed E-state index contributed by atoms with van der Waals surface area (Å²) in [6, 6.07) is 11.5. The molecule has 0 amide bonds. The van der Waals surface area contributed by atoms with E-state index in [1.54, 1.807) is 25.1 Å². The molecule has 0 fully saturated rings. The Balaban J connectivity index is 1.63. The molecule has 0 saturated carbocycles. The number of ether oxygens (including phenoxy) is 5. The Morgan fingerprint density at radius 3 is 2.15 bits per heavy atom. The molecule has 1 aliphatic heterocycles. The van der Waals surface area contributed by atoms with Gasteiger partial charge in [-0.2, -0.15) is 0 Å². The Hall–Kier alpha value is -4.33. The number of ketones is 1. The summed E-state index contributed by atoms with van der Waals surface area (Å²) in [5, 5.41) is 0. The smallest absolute Gasteiger partial charge is 0.343 e. The van der Waals surface area contributed by atoms with Crippen molar-refractivity contribution >= 4 is 17.8 Å². The molecule has 174 valence electrons. The lowest BCUT2D eigenvalue weighted by Crippen LogP contribution is -2.09. The highest BCUT2D eigenvalue weighted by molar-refractivity contribution is 6.15. The van der Waals surface area contributed by atoms with Crippen LogP contribution >= 0.6 is 0 Å². The molecule has 0 radical (unpaired) electrons. The number of hydrogen-bond acceptors (Lipinski definition) is 7. The monoisotopic (exact) mass is 464 g/mol. The van der Waals surface area contributed by atoms with E-state index >= 15 is 0 Å². The summed E-state index contributed by atoms with van der Waals surface area (Å²) in [6.07, 6.45) is 1.57. The Labute approximate surface area is 195 Å². The number of Topliss-reactive ketones (excluding diaryl/α,β-unsaturated/α-hetero) is 1. The molecule has 1 aliphatic rings. The van der Waals surface area contributed by atoms with Crippen LogP contribution < -0.4 is 23.7 Å². The van der Waals surface area contributed by atoms with E-state index in [0.29, 0.717) is 39.7 Å². The number of rotatable bonds is 6. The lowest BCUT2D eigenvalue weighted by atomic mass is 10.1. The van der Waals surface area contributed by atoms with Gasteiger partial charge >= 0.3 is 5.97 Å². The number of benzene rings is 3. The molecule has 3 aromatic carbocycles. The van der Waals surface area contributed by atoms with Gasteiger partial charge in [0.2, 0.25) is 11.5 Å². The minimum Gasteiger partial charge on any atom is -0.493 e. The number of carbonyl (C=O) groups is 2. The molecular formula is C26H21FO7. The Morgan fingerprint density at radius 1 is 0.912 bits per heavy atom. The molecular weight excluding hydrogens is 443 g/mol. The Bertz CT molecular complexity index is 1280. The van der Waals surface area contributed by atoms with E-state index in [0.717, 1.165) is 0 Å².